The number of thioether (sulfide) groups is 1. The highest BCUT2D eigenvalue weighted by atomic mass is 32.2. The zero-order chi connectivity index (χ0) is 18.7. The summed E-state index contributed by atoms with van der Waals surface area (Å²) < 4.78 is 10.5. The summed E-state index contributed by atoms with van der Waals surface area (Å²) in [7, 11) is 1.65. The summed E-state index contributed by atoms with van der Waals surface area (Å²) >= 11 is 2.97. The molecule has 0 amide bonds. The van der Waals surface area contributed by atoms with Gasteiger partial charge >= 0.3 is 5.97 Å². The maximum atomic E-state index is 12.2. The Kier molecular flexibility index (Phi) is 5.78. The van der Waals surface area contributed by atoms with E-state index in [0.29, 0.717) is 0 Å². The first kappa shape index (κ1) is 18.7. The van der Waals surface area contributed by atoms with Crippen LogP contribution in [0.4, 0.5) is 0 Å². The van der Waals surface area contributed by atoms with Crippen molar-refractivity contribution in [1.29, 1.82) is 0 Å². The van der Waals surface area contributed by atoms with Gasteiger partial charge in [-0.15, -0.1) is 11.3 Å². The van der Waals surface area contributed by atoms with Crippen molar-refractivity contribution in [2.75, 3.05) is 7.11 Å². The third kappa shape index (κ3) is 3.99. The molecule has 0 fully saturated rings. The molecule has 136 valence electrons. The number of esters is 1. The van der Waals surface area contributed by atoms with Crippen LogP contribution >= 0.6 is 23.1 Å². The minimum atomic E-state index is -0.348. The van der Waals surface area contributed by atoms with E-state index >= 15 is 0 Å². The van der Waals surface area contributed by atoms with Crippen molar-refractivity contribution in [2.45, 2.75) is 37.2 Å². The van der Waals surface area contributed by atoms with Crippen molar-refractivity contribution in [3.05, 3.63) is 36.0 Å². The van der Waals surface area contributed by atoms with Gasteiger partial charge in [0.1, 0.15) is 27.2 Å². The van der Waals surface area contributed by atoms with Crippen molar-refractivity contribution in [3.63, 3.8) is 0 Å². The fourth-order valence-corrected chi connectivity index (χ4v) is 4.36. The molecule has 1 atom stereocenters. The Bertz CT molecular complexity index is 907. The number of hydrogen-bond donors (Lipinski definition) is 0. The third-order valence-electron chi connectivity index (χ3n) is 3.71. The van der Waals surface area contributed by atoms with Gasteiger partial charge in [-0.25, -0.2) is 9.97 Å². The topological polar surface area (TPSA) is 61.3 Å². The molecule has 0 radical (unpaired) electrons. The molecule has 5 nitrogen and oxygen atoms in total. The van der Waals surface area contributed by atoms with Gasteiger partial charge in [-0.2, -0.15) is 0 Å². The van der Waals surface area contributed by atoms with E-state index in [2.05, 4.69) is 15.3 Å². The summed E-state index contributed by atoms with van der Waals surface area (Å²) in [6, 6.07) is 7.88. The van der Waals surface area contributed by atoms with Crippen LogP contribution in [-0.4, -0.2) is 34.4 Å². The molecule has 0 saturated heterocycles. The number of methoxy groups -OCH3 is 1. The molecular formula is C19H20N2O3S2. The first-order valence-corrected chi connectivity index (χ1v) is 9.99. The average molecular weight is 389 g/mol. The molecule has 0 spiro atoms. The normalized spacial score (nSPS) is 12.3. The van der Waals surface area contributed by atoms with Crippen LogP contribution in [0.5, 0.6) is 5.75 Å². The molecule has 0 bridgehead atoms. The van der Waals surface area contributed by atoms with Gasteiger partial charge in [-0.1, -0.05) is 23.9 Å². The lowest BCUT2D eigenvalue weighted by Crippen LogP contribution is -2.20. The zero-order valence-electron chi connectivity index (χ0n) is 15.1. The van der Waals surface area contributed by atoms with E-state index < -0.39 is 0 Å². The summed E-state index contributed by atoms with van der Waals surface area (Å²) in [5.41, 5.74) is 2.12. The Morgan fingerprint density at radius 2 is 1.88 bits per heavy atom. The highest BCUT2D eigenvalue weighted by Gasteiger charge is 2.21. The van der Waals surface area contributed by atoms with Crippen LogP contribution < -0.4 is 4.74 Å². The summed E-state index contributed by atoms with van der Waals surface area (Å²) in [6.45, 7) is 5.53. The van der Waals surface area contributed by atoms with Gasteiger partial charge in [0, 0.05) is 10.9 Å². The number of aromatic nitrogens is 2. The Balaban J connectivity index is 1.96. The van der Waals surface area contributed by atoms with Crippen LogP contribution in [0.3, 0.4) is 0 Å². The summed E-state index contributed by atoms with van der Waals surface area (Å²) in [5, 5.41) is 3.48. The molecule has 3 rings (SSSR count). The second-order valence-electron chi connectivity index (χ2n) is 5.98. The van der Waals surface area contributed by atoms with Crippen LogP contribution in [0, 0.1) is 0 Å². The second-order valence-corrected chi connectivity index (χ2v) is 8.17. The first-order valence-electron chi connectivity index (χ1n) is 8.23. The average Bonchev–Trinajstić information content (AvgIpc) is 3.06. The van der Waals surface area contributed by atoms with Crippen molar-refractivity contribution in [2.24, 2.45) is 0 Å². The van der Waals surface area contributed by atoms with Crippen LogP contribution in [0.25, 0.3) is 21.3 Å². The Morgan fingerprint density at radius 3 is 2.54 bits per heavy atom. The smallest absolute Gasteiger partial charge is 0.319 e. The quantitative estimate of drug-likeness (QED) is 0.343. The fourth-order valence-electron chi connectivity index (χ4n) is 2.46. The van der Waals surface area contributed by atoms with Gasteiger partial charge in [0.15, 0.2) is 0 Å². The molecule has 3 aromatic rings. The lowest BCUT2D eigenvalue weighted by molar-refractivity contribution is -0.146. The van der Waals surface area contributed by atoms with Gasteiger partial charge < -0.3 is 9.47 Å². The van der Waals surface area contributed by atoms with Crippen molar-refractivity contribution in [3.8, 4) is 16.9 Å². The Hall–Kier alpha value is -2.12. The minimum Gasteiger partial charge on any atom is -0.497 e. The molecule has 0 saturated carbocycles. The maximum absolute atomic E-state index is 12.2. The van der Waals surface area contributed by atoms with Crippen molar-refractivity contribution >= 4 is 39.3 Å². The number of rotatable bonds is 6. The predicted molar refractivity (Wildman–Crippen MR) is 106 cm³/mol. The number of carbonyl (C=O) groups excluding carboxylic acids is 1. The van der Waals surface area contributed by atoms with Gasteiger partial charge in [-0.3, -0.25) is 4.79 Å². The second kappa shape index (κ2) is 8.05. The molecule has 26 heavy (non-hydrogen) atoms. The number of hydrogen-bond acceptors (Lipinski definition) is 7. The Labute approximate surface area is 160 Å². The molecule has 0 unspecified atom stereocenters. The molecule has 2 aromatic heterocycles. The standard InChI is InChI=1S/C19H20N2O3S2/c1-11(2)24-19(22)12(3)26-18-16-15(9-25-17(16)20-10-21-18)13-5-7-14(23-4)8-6-13/h5-12H,1-4H3/t12-/m0/s1. The summed E-state index contributed by atoms with van der Waals surface area (Å²) in [4.78, 5) is 21.9. The number of fused-ring (bicyclic) bond motifs is 1. The van der Waals surface area contributed by atoms with Crippen molar-refractivity contribution < 1.29 is 14.3 Å². The van der Waals surface area contributed by atoms with Crippen LogP contribution in [-0.2, 0) is 9.53 Å². The lowest BCUT2D eigenvalue weighted by Gasteiger charge is -2.13. The number of thiophene rings is 1. The molecule has 0 aliphatic heterocycles. The highest BCUT2D eigenvalue weighted by molar-refractivity contribution is 8.00. The van der Waals surface area contributed by atoms with Gasteiger partial charge in [-0.05, 0) is 38.5 Å². The van der Waals surface area contributed by atoms with E-state index in [4.69, 9.17) is 9.47 Å². The van der Waals surface area contributed by atoms with Gasteiger partial charge in [0.2, 0.25) is 0 Å². The van der Waals surface area contributed by atoms with E-state index in [1.54, 1.807) is 24.8 Å². The molecule has 0 aliphatic carbocycles. The molecule has 7 heteroatoms. The van der Waals surface area contributed by atoms with Crippen LogP contribution in [0.1, 0.15) is 20.8 Å². The third-order valence-corrected chi connectivity index (χ3v) is 5.67. The van der Waals surface area contributed by atoms with Gasteiger partial charge in [0.25, 0.3) is 0 Å². The van der Waals surface area contributed by atoms with Crippen molar-refractivity contribution in [1.82, 2.24) is 9.97 Å². The fraction of sp³-hybridized carbons (Fsp3) is 0.316. The minimum absolute atomic E-state index is 0.132. The Morgan fingerprint density at radius 1 is 1.15 bits per heavy atom. The molecule has 1 aromatic carbocycles. The molecule has 0 aliphatic rings. The van der Waals surface area contributed by atoms with E-state index in [0.717, 1.165) is 32.1 Å². The number of ether oxygens (including phenoxy) is 2. The van der Waals surface area contributed by atoms with E-state index in [9.17, 15) is 4.79 Å². The highest BCUT2D eigenvalue weighted by Crippen LogP contribution is 2.39. The predicted octanol–water partition coefficient (Wildman–Crippen LogP) is 4.80. The van der Waals surface area contributed by atoms with Crippen LogP contribution in [0.15, 0.2) is 41.0 Å². The van der Waals surface area contributed by atoms with E-state index in [1.807, 2.05) is 45.0 Å². The summed E-state index contributed by atoms with van der Waals surface area (Å²) in [6.07, 6.45) is 1.41. The monoisotopic (exact) mass is 388 g/mol. The van der Waals surface area contributed by atoms with E-state index in [-0.39, 0.29) is 17.3 Å². The zero-order valence-corrected chi connectivity index (χ0v) is 16.7. The maximum Gasteiger partial charge on any atom is 0.319 e. The largest absolute Gasteiger partial charge is 0.497 e. The number of carbonyl (C=O) groups is 1. The SMILES string of the molecule is COc1ccc(-c2csc3ncnc(S[C@@H](C)C(=O)OC(C)C)c23)cc1. The number of nitrogens with zero attached hydrogens (tertiary/aromatic N) is 2. The van der Waals surface area contributed by atoms with Crippen LogP contribution in [0.2, 0.25) is 0 Å². The van der Waals surface area contributed by atoms with E-state index in [1.165, 1.54) is 11.8 Å². The molecule has 2 heterocycles. The van der Waals surface area contributed by atoms with Gasteiger partial charge in [0.05, 0.1) is 18.6 Å². The molecular weight excluding hydrogens is 368 g/mol. The summed E-state index contributed by atoms with van der Waals surface area (Å²) in [5.74, 6) is 0.571. The first-order chi connectivity index (χ1) is 12.5. The number of benzene rings is 1. The lowest BCUT2D eigenvalue weighted by atomic mass is 10.1. The molecule has 0 N–H and O–H groups in total.